The summed E-state index contributed by atoms with van der Waals surface area (Å²) in [5.41, 5.74) is 1.69. The highest BCUT2D eigenvalue weighted by molar-refractivity contribution is 7.99. The van der Waals surface area contributed by atoms with E-state index in [4.69, 9.17) is 39.2 Å². The molecule has 0 atom stereocenters. The van der Waals surface area contributed by atoms with E-state index in [0.29, 0.717) is 26.2 Å². The summed E-state index contributed by atoms with van der Waals surface area (Å²) < 4.78 is 5.70. The Morgan fingerprint density at radius 2 is 1.79 bits per heavy atom. The maximum absolute atomic E-state index is 6.01. The maximum Gasteiger partial charge on any atom is 0.281 e. The molecule has 0 unspecified atom stereocenters. The summed E-state index contributed by atoms with van der Waals surface area (Å²) in [6.07, 6.45) is 0. The summed E-state index contributed by atoms with van der Waals surface area (Å²) in [5.74, 6) is 0.407. The van der Waals surface area contributed by atoms with Gasteiger partial charge in [-0.15, -0.1) is 10.2 Å². The number of H-pyrrole nitrogens is 1. The lowest BCUT2D eigenvalue weighted by Gasteiger charge is -1.99. The third-order valence-electron chi connectivity index (χ3n) is 3.32. The van der Waals surface area contributed by atoms with E-state index in [1.807, 2.05) is 30.3 Å². The highest BCUT2D eigenvalue weighted by atomic mass is 35.5. The molecule has 0 saturated carbocycles. The van der Waals surface area contributed by atoms with Gasteiger partial charge in [0.25, 0.3) is 11.1 Å². The number of rotatable bonds is 3. The highest BCUT2D eigenvalue weighted by Gasteiger charge is 2.13. The summed E-state index contributed by atoms with van der Waals surface area (Å²) in [7, 11) is 0. The van der Waals surface area contributed by atoms with Gasteiger partial charge in [0, 0.05) is 20.8 Å². The topological polar surface area (TPSA) is 54.7 Å². The van der Waals surface area contributed by atoms with Crippen LogP contribution in [0.25, 0.3) is 22.5 Å². The zero-order valence-electron chi connectivity index (χ0n) is 11.9. The Kier molecular flexibility index (Phi) is 4.18. The minimum Gasteiger partial charge on any atom is -0.409 e. The summed E-state index contributed by atoms with van der Waals surface area (Å²) in [6.45, 7) is 0. The number of hydrogen-bond donors (Lipinski definition) is 1. The van der Waals surface area contributed by atoms with Crippen molar-refractivity contribution in [3.05, 3.63) is 57.5 Å². The lowest BCUT2D eigenvalue weighted by atomic mass is 10.2. The van der Waals surface area contributed by atoms with Crippen LogP contribution in [0.4, 0.5) is 0 Å². The van der Waals surface area contributed by atoms with Gasteiger partial charge in [0.05, 0.1) is 10.0 Å². The molecule has 0 radical (unpaired) electrons. The van der Waals surface area contributed by atoms with E-state index in [0.717, 1.165) is 21.5 Å². The molecule has 1 N–H and O–H groups in total. The van der Waals surface area contributed by atoms with Gasteiger partial charge in [-0.1, -0.05) is 34.8 Å². The van der Waals surface area contributed by atoms with Crippen LogP contribution in [0.15, 0.2) is 57.0 Å². The second-order valence-electron chi connectivity index (χ2n) is 4.97. The molecule has 4 aromatic rings. The third-order valence-corrected chi connectivity index (χ3v) is 5.12. The van der Waals surface area contributed by atoms with Crippen LogP contribution in [0.3, 0.4) is 0 Å². The van der Waals surface area contributed by atoms with Gasteiger partial charge in [-0.05, 0) is 54.2 Å². The van der Waals surface area contributed by atoms with Gasteiger partial charge in [-0.2, -0.15) is 0 Å². The van der Waals surface area contributed by atoms with E-state index < -0.39 is 0 Å². The highest BCUT2D eigenvalue weighted by Crippen LogP contribution is 2.33. The Morgan fingerprint density at radius 3 is 2.62 bits per heavy atom. The fourth-order valence-corrected chi connectivity index (χ4v) is 3.48. The minimum absolute atomic E-state index is 0.407. The van der Waals surface area contributed by atoms with Crippen molar-refractivity contribution in [1.29, 1.82) is 0 Å². The molecule has 2 aromatic heterocycles. The van der Waals surface area contributed by atoms with Gasteiger partial charge in [-0.3, -0.25) is 0 Å². The number of benzene rings is 2. The van der Waals surface area contributed by atoms with E-state index in [9.17, 15) is 0 Å². The zero-order valence-corrected chi connectivity index (χ0v) is 15.0. The van der Waals surface area contributed by atoms with E-state index in [1.165, 1.54) is 11.8 Å². The second-order valence-corrected chi connectivity index (χ2v) is 7.24. The first-order chi connectivity index (χ1) is 11.6. The minimum atomic E-state index is 0.407. The molecule has 4 rings (SSSR count). The summed E-state index contributed by atoms with van der Waals surface area (Å²) in [6, 6.07) is 12.8. The van der Waals surface area contributed by atoms with Gasteiger partial charge in [0.2, 0.25) is 0 Å². The molecule has 24 heavy (non-hydrogen) atoms. The van der Waals surface area contributed by atoms with Crippen LogP contribution in [-0.4, -0.2) is 15.2 Å². The largest absolute Gasteiger partial charge is 0.409 e. The number of halogens is 3. The smallest absolute Gasteiger partial charge is 0.281 e. The molecule has 8 heteroatoms. The second kappa shape index (κ2) is 6.33. The van der Waals surface area contributed by atoms with Crippen molar-refractivity contribution >= 4 is 57.5 Å². The van der Waals surface area contributed by atoms with Crippen LogP contribution < -0.4 is 0 Å². The first-order valence-corrected chi connectivity index (χ1v) is 8.78. The van der Waals surface area contributed by atoms with Crippen molar-refractivity contribution in [2.75, 3.05) is 0 Å². The lowest BCUT2D eigenvalue weighted by molar-refractivity contribution is 0.465. The summed E-state index contributed by atoms with van der Waals surface area (Å²) in [4.78, 5) is 4.09. The number of aromatic amines is 1. The van der Waals surface area contributed by atoms with Crippen LogP contribution in [0.1, 0.15) is 0 Å². The maximum atomic E-state index is 6.01. The Balaban J connectivity index is 1.62. The average molecular weight is 397 g/mol. The molecule has 0 saturated heterocycles. The standard InChI is InChI=1S/C16H8Cl3N3OS/c17-9-1-4-13-8(5-9)6-14(20-13)15-21-22-16(23-15)24-10-2-3-11(18)12(19)7-10/h1-7,20H. The van der Waals surface area contributed by atoms with Crippen molar-refractivity contribution in [3.63, 3.8) is 0 Å². The predicted octanol–water partition coefficient (Wildman–Crippen LogP) is 6.33. The number of nitrogens with zero attached hydrogens (tertiary/aromatic N) is 2. The average Bonchev–Trinajstić information content (AvgIpc) is 3.17. The number of fused-ring (bicyclic) bond motifs is 1. The number of hydrogen-bond acceptors (Lipinski definition) is 4. The Hall–Kier alpha value is -1.66. The molecule has 0 spiro atoms. The molecule has 0 aliphatic heterocycles. The van der Waals surface area contributed by atoms with Gasteiger partial charge in [0.15, 0.2) is 0 Å². The van der Waals surface area contributed by atoms with Crippen molar-refractivity contribution in [1.82, 2.24) is 15.2 Å². The first-order valence-electron chi connectivity index (χ1n) is 6.83. The molecule has 2 aromatic carbocycles. The Morgan fingerprint density at radius 1 is 0.917 bits per heavy atom. The van der Waals surface area contributed by atoms with E-state index >= 15 is 0 Å². The summed E-state index contributed by atoms with van der Waals surface area (Å²) >= 11 is 19.2. The predicted molar refractivity (Wildman–Crippen MR) is 97.2 cm³/mol. The van der Waals surface area contributed by atoms with Crippen LogP contribution in [0, 0.1) is 0 Å². The molecule has 0 bridgehead atoms. The molecule has 0 fully saturated rings. The molecular formula is C16H8Cl3N3OS. The molecule has 0 aliphatic rings. The molecule has 0 amide bonds. The quantitative estimate of drug-likeness (QED) is 0.439. The zero-order chi connectivity index (χ0) is 16.7. The van der Waals surface area contributed by atoms with Crippen LogP contribution >= 0.6 is 46.6 Å². The lowest BCUT2D eigenvalue weighted by Crippen LogP contribution is -1.76. The van der Waals surface area contributed by atoms with Crippen molar-refractivity contribution in [2.45, 2.75) is 10.1 Å². The molecule has 0 aliphatic carbocycles. The van der Waals surface area contributed by atoms with Crippen LogP contribution in [-0.2, 0) is 0 Å². The van der Waals surface area contributed by atoms with Crippen molar-refractivity contribution in [3.8, 4) is 11.6 Å². The van der Waals surface area contributed by atoms with Crippen LogP contribution in [0.2, 0.25) is 15.1 Å². The Labute approximate surface area is 156 Å². The molecule has 4 nitrogen and oxygen atoms in total. The fourth-order valence-electron chi connectivity index (χ4n) is 2.22. The van der Waals surface area contributed by atoms with E-state index in [-0.39, 0.29) is 0 Å². The number of nitrogens with one attached hydrogen (secondary N) is 1. The van der Waals surface area contributed by atoms with Gasteiger partial charge in [0.1, 0.15) is 5.69 Å². The normalized spacial score (nSPS) is 11.3. The third kappa shape index (κ3) is 3.13. The molecule has 120 valence electrons. The van der Waals surface area contributed by atoms with Crippen molar-refractivity contribution in [2.24, 2.45) is 0 Å². The van der Waals surface area contributed by atoms with E-state index in [2.05, 4.69) is 15.2 Å². The monoisotopic (exact) mass is 395 g/mol. The van der Waals surface area contributed by atoms with Gasteiger partial charge < -0.3 is 9.40 Å². The van der Waals surface area contributed by atoms with Gasteiger partial charge >= 0.3 is 0 Å². The fraction of sp³-hybridized carbons (Fsp3) is 0. The Bertz CT molecular complexity index is 1040. The SMILES string of the molecule is Clc1ccc2[nH]c(-c3nnc(Sc4ccc(Cl)c(Cl)c4)o3)cc2c1. The van der Waals surface area contributed by atoms with Crippen molar-refractivity contribution < 1.29 is 4.42 Å². The first kappa shape index (κ1) is 15.8. The molecular weight excluding hydrogens is 389 g/mol. The number of aromatic nitrogens is 3. The molecule has 2 heterocycles. The summed E-state index contributed by atoms with van der Waals surface area (Å²) in [5, 5.41) is 11.2. The van der Waals surface area contributed by atoms with E-state index in [1.54, 1.807) is 12.1 Å². The van der Waals surface area contributed by atoms with Gasteiger partial charge in [-0.25, -0.2) is 0 Å². The van der Waals surface area contributed by atoms with Crippen LogP contribution in [0.5, 0.6) is 0 Å².